The highest BCUT2D eigenvalue weighted by Crippen LogP contribution is 2.29. The molecule has 10 nitrogen and oxygen atoms in total. The van der Waals surface area contributed by atoms with Crippen LogP contribution >= 0.6 is 11.8 Å². The van der Waals surface area contributed by atoms with Crippen molar-refractivity contribution in [2.45, 2.75) is 44.9 Å². The lowest BCUT2D eigenvalue weighted by Gasteiger charge is -2.31. The second-order valence-corrected chi connectivity index (χ2v) is 9.17. The van der Waals surface area contributed by atoms with Gasteiger partial charge in [-0.1, -0.05) is 18.2 Å². The number of nitrogens with zero attached hydrogens (tertiary/aromatic N) is 1. The highest BCUT2D eigenvalue weighted by Gasteiger charge is 2.35. The van der Waals surface area contributed by atoms with Crippen molar-refractivity contribution in [3.63, 3.8) is 0 Å². The first-order valence-corrected chi connectivity index (χ1v) is 11.7. The number of para-hydroxylation sites is 1. The Morgan fingerprint density at radius 1 is 1.18 bits per heavy atom. The third kappa shape index (κ3) is 9.21. The Balaban J connectivity index is 3.22. The molecule has 184 valence electrons. The molecule has 0 aromatic heterocycles. The average molecular weight is 484 g/mol. The summed E-state index contributed by atoms with van der Waals surface area (Å²) in [5.74, 6) is -1.56. The zero-order chi connectivity index (χ0) is 25.2. The van der Waals surface area contributed by atoms with Gasteiger partial charge in [0.05, 0.1) is 7.11 Å². The molecule has 0 radical (unpaired) electrons. The molecule has 0 aliphatic carbocycles. The average Bonchev–Trinajstić information content (AvgIpc) is 2.74. The molecule has 1 aromatic rings. The Morgan fingerprint density at radius 2 is 1.82 bits per heavy atom. The van der Waals surface area contributed by atoms with Crippen LogP contribution in [0.2, 0.25) is 0 Å². The molecular formula is C22H33N3O7S. The lowest BCUT2D eigenvalue weighted by atomic mass is 10.0. The standard InChI is InChI=1S/C22H33N3O7S/c1-22(2,3)32-21(30)24-15(11-12-33-6)20(29)25(4)18(14-9-7-8-10-16(14)26)19(28)23-13-17(27)31-5/h7-10,15,18,26H,11-13H2,1-6H3,(H,23,28)(H,24,30). The van der Waals surface area contributed by atoms with Crippen molar-refractivity contribution < 1.29 is 33.8 Å². The number of amides is 3. The topological polar surface area (TPSA) is 134 Å². The number of phenols is 1. The van der Waals surface area contributed by atoms with Gasteiger partial charge in [0.2, 0.25) is 11.8 Å². The third-order valence-electron chi connectivity index (χ3n) is 4.45. The minimum absolute atomic E-state index is 0.164. The predicted molar refractivity (Wildman–Crippen MR) is 125 cm³/mol. The van der Waals surface area contributed by atoms with Crippen LogP contribution in [0.25, 0.3) is 0 Å². The number of ether oxygens (including phenoxy) is 2. The predicted octanol–water partition coefficient (Wildman–Crippen LogP) is 1.83. The number of thioether (sulfide) groups is 1. The van der Waals surface area contributed by atoms with Crippen LogP contribution < -0.4 is 10.6 Å². The molecule has 2 unspecified atom stereocenters. The molecule has 0 bridgehead atoms. The number of phenolic OH excluding ortho intramolecular Hbond substituents is 1. The molecule has 0 saturated carbocycles. The highest BCUT2D eigenvalue weighted by atomic mass is 32.2. The lowest BCUT2D eigenvalue weighted by Crippen LogP contribution is -2.52. The molecule has 3 N–H and O–H groups in total. The summed E-state index contributed by atoms with van der Waals surface area (Å²) in [6.07, 6.45) is 1.40. The fourth-order valence-corrected chi connectivity index (χ4v) is 3.36. The number of aromatic hydroxyl groups is 1. The second-order valence-electron chi connectivity index (χ2n) is 8.18. The SMILES string of the molecule is COC(=O)CNC(=O)C(c1ccccc1O)N(C)C(=O)C(CCSC)NC(=O)OC(C)(C)C. The summed E-state index contributed by atoms with van der Waals surface area (Å²) in [4.78, 5) is 51.3. The first-order chi connectivity index (χ1) is 15.4. The maximum Gasteiger partial charge on any atom is 0.408 e. The van der Waals surface area contributed by atoms with Gasteiger partial charge >= 0.3 is 12.1 Å². The normalized spacial score (nSPS) is 12.8. The molecular weight excluding hydrogens is 450 g/mol. The van der Waals surface area contributed by atoms with Crippen LogP contribution in [-0.2, 0) is 23.9 Å². The fourth-order valence-electron chi connectivity index (χ4n) is 2.89. The van der Waals surface area contributed by atoms with E-state index in [9.17, 15) is 24.3 Å². The van der Waals surface area contributed by atoms with Crippen LogP contribution in [-0.4, -0.2) is 78.2 Å². The third-order valence-corrected chi connectivity index (χ3v) is 5.09. The lowest BCUT2D eigenvalue weighted by molar-refractivity contribution is -0.143. The van der Waals surface area contributed by atoms with Gasteiger partial charge in [0, 0.05) is 12.6 Å². The number of likely N-dealkylation sites (N-methyl/N-ethyl adjacent to an activating group) is 1. The molecule has 0 aliphatic heterocycles. The van der Waals surface area contributed by atoms with E-state index < -0.39 is 48.1 Å². The minimum atomic E-state index is -1.26. The summed E-state index contributed by atoms with van der Waals surface area (Å²) in [5, 5.41) is 15.3. The molecule has 3 amide bonds. The summed E-state index contributed by atoms with van der Waals surface area (Å²) >= 11 is 1.49. The Morgan fingerprint density at radius 3 is 2.36 bits per heavy atom. The number of rotatable bonds is 10. The van der Waals surface area contributed by atoms with Crippen molar-refractivity contribution in [1.29, 1.82) is 0 Å². The van der Waals surface area contributed by atoms with Gasteiger partial charge in [-0.25, -0.2) is 4.79 Å². The number of benzene rings is 1. The molecule has 0 fully saturated rings. The van der Waals surface area contributed by atoms with Crippen LogP contribution in [0.5, 0.6) is 5.75 Å². The van der Waals surface area contributed by atoms with E-state index in [1.807, 2.05) is 6.26 Å². The monoisotopic (exact) mass is 483 g/mol. The number of carbonyl (C=O) groups is 4. The number of hydrogen-bond donors (Lipinski definition) is 3. The fraction of sp³-hybridized carbons (Fsp3) is 0.545. The molecule has 11 heteroatoms. The van der Waals surface area contributed by atoms with Crippen molar-refractivity contribution in [3.05, 3.63) is 29.8 Å². The second kappa shape index (κ2) is 12.9. The zero-order valence-corrected chi connectivity index (χ0v) is 20.7. The van der Waals surface area contributed by atoms with E-state index in [4.69, 9.17) is 4.74 Å². The highest BCUT2D eigenvalue weighted by molar-refractivity contribution is 7.98. The molecule has 33 heavy (non-hydrogen) atoms. The molecule has 2 atom stereocenters. The first kappa shape index (κ1) is 28.1. The van der Waals surface area contributed by atoms with Gasteiger partial charge in [-0.15, -0.1) is 0 Å². The Bertz CT molecular complexity index is 842. The molecule has 1 aromatic carbocycles. The van der Waals surface area contributed by atoms with Crippen molar-refractivity contribution in [3.8, 4) is 5.75 Å². The van der Waals surface area contributed by atoms with Gasteiger partial charge in [-0.3, -0.25) is 14.4 Å². The number of carbonyl (C=O) groups excluding carboxylic acids is 4. The van der Waals surface area contributed by atoms with Gasteiger partial charge < -0.3 is 30.1 Å². The first-order valence-electron chi connectivity index (χ1n) is 10.3. The summed E-state index contributed by atoms with van der Waals surface area (Å²) in [6, 6.07) is 3.84. The zero-order valence-electron chi connectivity index (χ0n) is 19.8. The number of esters is 1. The number of hydrogen-bond acceptors (Lipinski definition) is 8. The van der Waals surface area contributed by atoms with Gasteiger partial charge in [0.25, 0.3) is 0 Å². The number of methoxy groups -OCH3 is 1. The Labute approximate surface area is 198 Å². The van der Waals surface area contributed by atoms with Crippen LogP contribution in [0.1, 0.15) is 38.8 Å². The van der Waals surface area contributed by atoms with Crippen LogP contribution in [0.15, 0.2) is 24.3 Å². The smallest absolute Gasteiger partial charge is 0.408 e. The molecule has 0 heterocycles. The van der Waals surface area contributed by atoms with Gasteiger partial charge in [-0.2, -0.15) is 11.8 Å². The van der Waals surface area contributed by atoms with E-state index in [-0.39, 0.29) is 11.3 Å². The van der Waals surface area contributed by atoms with Crippen LogP contribution in [0.4, 0.5) is 4.79 Å². The Kier molecular flexibility index (Phi) is 11.0. The van der Waals surface area contributed by atoms with E-state index in [2.05, 4.69) is 15.4 Å². The van der Waals surface area contributed by atoms with E-state index in [1.165, 1.54) is 38.1 Å². The van der Waals surface area contributed by atoms with Crippen LogP contribution in [0.3, 0.4) is 0 Å². The van der Waals surface area contributed by atoms with Crippen molar-refractivity contribution in [2.24, 2.45) is 0 Å². The molecule has 1 rings (SSSR count). The summed E-state index contributed by atoms with van der Waals surface area (Å²) < 4.78 is 9.81. The van der Waals surface area contributed by atoms with E-state index >= 15 is 0 Å². The van der Waals surface area contributed by atoms with Gasteiger partial charge in [0.1, 0.15) is 30.0 Å². The minimum Gasteiger partial charge on any atom is -0.508 e. The van der Waals surface area contributed by atoms with Gasteiger partial charge in [0.15, 0.2) is 0 Å². The van der Waals surface area contributed by atoms with Crippen molar-refractivity contribution in [2.75, 3.05) is 32.7 Å². The van der Waals surface area contributed by atoms with Gasteiger partial charge in [-0.05, 0) is 45.3 Å². The number of nitrogens with one attached hydrogen (secondary N) is 2. The van der Waals surface area contributed by atoms with E-state index in [1.54, 1.807) is 32.9 Å². The summed E-state index contributed by atoms with van der Waals surface area (Å²) in [7, 11) is 2.57. The molecule has 0 saturated heterocycles. The quantitative estimate of drug-likeness (QED) is 0.429. The maximum atomic E-state index is 13.4. The van der Waals surface area contributed by atoms with Crippen molar-refractivity contribution >= 4 is 35.6 Å². The largest absolute Gasteiger partial charge is 0.508 e. The van der Waals surface area contributed by atoms with E-state index in [0.717, 1.165) is 4.90 Å². The molecule has 0 aliphatic rings. The number of alkyl carbamates (subject to hydrolysis) is 1. The maximum absolute atomic E-state index is 13.4. The molecule has 0 spiro atoms. The van der Waals surface area contributed by atoms with Crippen LogP contribution in [0, 0.1) is 0 Å². The summed E-state index contributed by atoms with van der Waals surface area (Å²) in [6.45, 7) is 4.71. The summed E-state index contributed by atoms with van der Waals surface area (Å²) in [5.41, 5.74) is -0.591. The Hall–Kier alpha value is -2.95. The van der Waals surface area contributed by atoms with Crippen molar-refractivity contribution in [1.82, 2.24) is 15.5 Å². The van der Waals surface area contributed by atoms with E-state index in [0.29, 0.717) is 12.2 Å².